The van der Waals surface area contributed by atoms with E-state index in [2.05, 4.69) is 4.98 Å². The Hall–Kier alpha value is -4.36. The van der Waals surface area contributed by atoms with E-state index in [1.54, 1.807) is 36.2 Å². The number of rotatable bonds is 6. The van der Waals surface area contributed by atoms with Gasteiger partial charge in [-0.1, -0.05) is 72.0 Å². The highest BCUT2D eigenvalue weighted by Crippen LogP contribution is 2.28. The molecule has 0 saturated carbocycles. The summed E-state index contributed by atoms with van der Waals surface area (Å²) in [5.41, 5.74) is 4.65. The number of aromatic amines is 1. The van der Waals surface area contributed by atoms with Crippen LogP contribution < -0.4 is 4.87 Å². The van der Waals surface area contributed by atoms with Crippen LogP contribution in [0.5, 0.6) is 11.6 Å². The van der Waals surface area contributed by atoms with Crippen LogP contribution in [0, 0.1) is 0 Å². The van der Waals surface area contributed by atoms with Gasteiger partial charge < -0.3 is 15.1 Å². The van der Waals surface area contributed by atoms with Crippen molar-refractivity contribution in [2.24, 2.45) is 0 Å². The standard InChI is InChI=1S/C29H24N2O4S/c1-31(28(34)22-11-10-21-16-24(32)13-12-20(21)15-22)17-23-4-2-3-5-25(23)19-8-6-18(7-9-19)14-26-27(33)30-29(35)36-26/h2-13,15-16,32-33H,14,17H2,1H3,(H,30,35). The highest BCUT2D eigenvalue weighted by Gasteiger charge is 2.15. The fourth-order valence-corrected chi connectivity index (χ4v) is 5.07. The number of thiazole rings is 1. The highest BCUT2D eigenvalue weighted by molar-refractivity contribution is 7.09. The fraction of sp³-hybridized carbons (Fsp3) is 0.103. The summed E-state index contributed by atoms with van der Waals surface area (Å²) in [5.74, 6) is 0.0419. The molecule has 7 heteroatoms. The van der Waals surface area contributed by atoms with Gasteiger partial charge in [-0.05, 0) is 57.3 Å². The van der Waals surface area contributed by atoms with Crippen molar-refractivity contribution < 1.29 is 15.0 Å². The zero-order valence-corrected chi connectivity index (χ0v) is 20.4. The van der Waals surface area contributed by atoms with Crippen LogP contribution >= 0.6 is 11.3 Å². The molecule has 36 heavy (non-hydrogen) atoms. The van der Waals surface area contributed by atoms with Gasteiger partial charge >= 0.3 is 4.87 Å². The largest absolute Gasteiger partial charge is 0.508 e. The van der Waals surface area contributed by atoms with Crippen LogP contribution in [0.15, 0.2) is 89.7 Å². The number of nitrogens with zero attached hydrogens (tertiary/aromatic N) is 1. The molecule has 1 aromatic heterocycles. The average molecular weight is 497 g/mol. The Bertz CT molecular complexity index is 1620. The van der Waals surface area contributed by atoms with Crippen molar-refractivity contribution in [1.29, 1.82) is 0 Å². The topological polar surface area (TPSA) is 93.6 Å². The minimum absolute atomic E-state index is 0.0725. The summed E-state index contributed by atoms with van der Waals surface area (Å²) >= 11 is 1.01. The normalized spacial score (nSPS) is 11.0. The molecule has 3 N–H and O–H groups in total. The van der Waals surface area contributed by atoms with Crippen molar-refractivity contribution in [2.75, 3.05) is 7.05 Å². The van der Waals surface area contributed by atoms with Crippen molar-refractivity contribution in [3.63, 3.8) is 0 Å². The number of carbonyl (C=O) groups is 1. The number of fused-ring (bicyclic) bond motifs is 1. The molecule has 6 nitrogen and oxygen atoms in total. The van der Waals surface area contributed by atoms with E-state index in [-0.39, 0.29) is 22.4 Å². The number of phenols is 1. The van der Waals surface area contributed by atoms with E-state index >= 15 is 0 Å². The maximum Gasteiger partial charge on any atom is 0.307 e. The lowest BCUT2D eigenvalue weighted by atomic mass is 9.97. The third kappa shape index (κ3) is 4.87. The second-order valence-corrected chi connectivity index (χ2v) is 9.79. The summed E-state index contributed by atoms with van der Waals surface area (Å²) < 4.78 is 0. The zero-order chi connectivity index (χ0) is 25.2. The van der Waals surface area contributed by atoms with Crippen molar-refractivity contribution >= 4 is 28.0 Å². The van der Waals surface area contributed by atoms with Gasteiger partial charge in [0.1, 0.15) is 5.75 Å². The second-order valence-electron chi connectivity index (χ2n) is 8.72. The number of hydrogen-bond donors (Lipinski definition) is 3. The van der Waals surface area contributed by atoms with Crippen molar-refractivity contribution in [3.05, 3.63) is 116 Å². The van der Waals surface area contributed by atoms with E-state index in [0.717, 1.165) is 44.4 Å². The predicted octanol–water partition coefficient (Wildman–Crippen LogP) is 5.53. The van der Waals surface area contributed by atoms with E-state index in [9.17, 15) is 19.8 Å². The molecule has 1 amide bonds. The van der Waals surface area contributed by atoms with Crippen LogP contribution in [-0.2, 0) is 13.0 Å². The number of H-pyrrole nitrogens is 1. The Morgan fingerprint density at radius 3 is 2.39 bits per heavy atom. The zero-order valence-electron chi connectivity index (χ0n) is 19.6. The van der Waals surface area contributed by atoms with Crippen LogP contribution in [0.2, 0.25) is 0 Å². The minimum atomic E-state index is -0.269. The molecule has 5 rings (SSSR count). The molecule has 0 radical (unpaired) electrons. The lowest BCUT2D eigenvalue weighted by Crippen LogP contribution is -2.26. The predicted molar refractivity (Wildman–Crippen MR) is 143 cm³/mol. The Morgan fingerprint density at radius 2 is 1.64 bits per heavy atom. The molecule has 0 saturated heterocycles. The third-order valence-corrected chi connectivity index (χ3v) is 7.04. The first-order valence-corrected chi connectivity index (χ1v) is 12.3. The molecule has 0 atom stereocenters. The van der Waals surface area contributed by atoms with E-state index in [4.69, 9.17) is 0 Å². The quantitative estimate of drug-likeness (QED) is 0.288. The summed E-state index contributed by atoms with van der Waals surface area (Å²) in [6, 6.07) is 26.6. The van der Waals surface area contributed by atoms with Crippen LogP contribution in [0.25, 0.3) is 21.9 Å². The molecule has 0 aliphatic heterocycles. The molecular weight excluding hydrogens is 472 g/mol. The molecule has 0 unspecified atom stereocenters. The Labute approximate surface area is 211 Å². The van der Waals surface area contributed by atoms with Gasteiger partial charge in [0.25, 0.3) is 5.91 Å². The van der Waals surface area contributed by atoms with E-state index in [0.29, 0.717) is 23.4 Å². The van der Waals surface area contributed by atoms with E-state index in [1.807, 2.05) is 60.7 Å². The Morgan fingerprint density at radius 1 is 0.917 bits per heavy atom. The number of carbonyl (C=O) groups excluding carboxylic acids is 1. The molecule has 0 aliphatic rings. The van der Waals surface area contributed by atoms with Gasteiger partial charge in [-0.15, -0.1) is 0 Å². The van der Waals surface area contributed by atoms with E-state index < -0.39 is 0 Å². The van der Waals surface area contributed by atoms with Crippen molar-refractivity contribution in [3.8, 4) is 22.8 Å². The Kier molecular flexibility index (Phi) is 6.31. The number of aromatic hydroxyl groups is 2. The summed E-state index contributed by atoms with van der Waals surface area (Å²) in [6.07, 6.45) is 0.472. The minimum Gasteiger partial charge on any atom is -0.508 e. The highest BCUT2D eigenvalue weighted by atomic mass is 32.1. The Balaban J connectivity index is 1.35. The molecule has 4 aromatic carbocycles. The summed E-state index contributed by atoms with van der Waals surface area (Å²) in [7, 11) is 1.79. The molecular formula is C29H24N2O4S. The first-order chi connectivity index (χ1) is 17.4. The maximum atomic E-state index is 13.2. The van der Waals surface area contributed by atoms with Crippen LogP contribution in [0.3, 0.4) is 0 Å². The van der Waals surface area contributed by atoms with Gasteiger partial charge in [-0.2, -0.15) is 0 Å². The fourth-order valence-electron chi connectivity index (χ4n) is 4.31. The number of phenolic OH excluding ortho intramolecular Hbond substituents is 1. The van der Waals surface area contributed by atoms with Crippen LogP contribution in [-0.4, -0.2) is 33.1 Å². The van der Waals surface area contributed by atoms with Crippen molar-refractivity contribution in [1.82, 2.24) is 9.88 Å². The number of benzene rings is 4. The van der Waals surface area contributed by atoms with Crippen molar-refractivity contribution in [2.45, 2.75) is 13.0 Å². The molecule has 0 fully saturated rings. The monoisotopic (exact) mass is 496 g/mol. The lowest BCUT2D eigenvalue weighted by Gasteiger charge is -2.20. The molecule has 0 spiro atoms. The number of nitrogens with one attached hydrogen (secondary N) is 1. The molecule has 0 aliphatic carbocycles. The van der Waals surface area contributed by atoms with E-state index in [1.165, 1.54) is 0 Å². The first kappa shape index (κ1) is 23.4. The summed E-state index contributed by atoms with van der Waals surface area (Å²) in [5, 5.41) is 21.3. The van der Waals surface area contributed by atoms with Gasteiger partial charge in [0.2, 0.25) is 5.88 Å². The summed E-state index contributed by atoms with van der Waals surface area (Å²) in [4.78, 5) is 29.1. The lowest BCUT2D eigenvalue weighted by molar-refractivity contribution is 0.0785. The van der Waals surface area contributed by atoms with Crippen LogP contribution in [0.4, 0.5) is 0 Å². The molecule has 5 aromatic rings. The van der Waals surface area contributed by atoms with Gasteiger partial charge in [-0.25, -0.2) is 0 Å². The van der Waals surface area contributed by atoms with Gasteiger partial charge in [0.05, 0.1) is 4.88 Å². The third-order valence-electron chi connectivity index (χ3n) is 6.17. The number of aromatic nitrogens is 1. The molecule has 0 bridgehead atoms. The maximum absolute atomic E-state index is 13.2. The van der Waals surface area contributed by atoms with Gasteiger partial charge in [0.15, 0.2) is 0 Å². The van der Waals surface area contributed by atoms with Gasteiger partial charge in [-0.3, -0.25) is 14.6 Å². The SMILES string of the molecule is CN(Cc1ccccc1-c1ccc(Cc2sc(=O)[nH]c2O)cc1)C(=O)c1ccc2cc(O)ccc2c1. The van der Waals surface area contributed by atoms with Crippen LogP contribution in [0.1, 0.15) is 26.4 Å². The second kappa shape index (κ2) is 9.71. The molecule has 180 valence electrons. The smallest absolute Gasteiger partial charge is 0.307 e. The first-order valence-electron chi connectivity index (χ1n) is 11.4. The molecule has 1 heterocycles. The summed E-state index contributed by atoms with van der Waals surface area (Å²) in [6.45, 7) is 0.440. The average Bonchev–Trinajstić information content (AvgIpc) is 3.20. The van der Waals surface area contributed by atoms with Gasteiger partial charge in [0, 0.05) is 25.6 Å². The number of hydrogen-bond acceptors (Lipinski definition) is 5. The number of amides is 1.